The lowest BCUT2D eigenvalue weighted by Gasteiger charge is -2.08. The Morgan fingerprint density at radius 3 is 2.29 bits per heavy atom. The van der Waals surface area contributed by atoms with Gasteiger partial charge in [-0.3, -0.25) is 4.79 Å². The van der Waals surface area contributed by atoms with Crippen LogP contribution < -0.4 is 5.01 Å². The summed E-state index contributed by atoms with van der Waals surface area (Å²) >= 11 is 1.38. The van der Waals surface area contributed by atoms with Gasteiger partial charge in [0.25, 0.3) is 5.91 Å². The molecule has 6 nitrogen and oxygen atoms in total. The third-order valence-electron chi connectivity index (χ3n) is 4.44. The molecule has 2 heterocycles. The van der Waals surface area contributed by atoms with E-state index >= 15 is 0 Å². The molecule has 1 amide bonds. The Morgan fingerprint density at radius 2 is 1.61 bits per heavy atom. The van der Waals surface area contributed by atoms with Gasteiger partial charge in [-0.15, -0.1) is 11.3 Å². The normalized spacial score (nSPS) is 16.8. The van der Waals surface area contributed by atoms with E-state index in [-0.39, 0.29) is 5.91 Å². The van der Waals surface area contributed by atoms with Gasteiger partial charge in [0.1, 0.15) is 0 Å². The lowest BCUT2D eigenvalue weighted by molar-refractivity contribution is -0.117. The molecule has 4 rings (SSSR count). The summed E-state index contributed by atoms with van der Waals surface area (Å²) in [5, 5.41) is 16.6. The number of azo groups is 1. The number of rotatable bonds is 4. The van der Waals surface area contributed by atoms with Crippen LogP contribution in [0.25, 0.3) is 11.3 Å². The second kappa shape index (κ2) is 7.44. The van der Waals surface area contributed by atoms with E-state index in [4.69, 9.17) is 0 Å². The predicted octanol–water partition coefficient (Wildman–Crippen LogP) is 5.30. The molecule has 0 fully saturated rings. The van der Waals surface area contributed by atoms with Crippen LogP contribution in [0.15, 0.2) is 69.2 Å². The lowest BCUT2D eigenvalue weighted by Crippen LogP contribution is -2.29. The van der Waals surface area contributed by atoms with Crippen molar-refractivity contribution in [1.29, 1.82) is 0 Å². The van der Waals surface area contributed by atoms with Gasteiger partial charge in [-0.25, -0.2) is 4.98 Å². The fourth-order valence-corrected chi connectivity index (χ4v) is 3.57. The van der Waals surface area contributed by atoms with Crippen LogP contribution >= 0.6 is 11.3 Å². The van der Waals surface area contributed by atoms with Gasteiger partial charge < -0.3 is 0 Å². The maximum Gasteiger partial charge on any atom is 0.282 e. The molecule has 1 unspecified atom stereocenters. The largest absolute Gasteiger partial charge is 0.282 e. The van der Waals surface area contributed by atoms with E-state index in [1.54, 1.807) is 6.92 Å². The first kappa shape index (κ1) is 18.2. The summed E-state index contributed by atoms with van der Waals surface area (Å²) in [4.78, 5) is 17.4. The minimum atomic E-state index is -0.715. The van der Waals surface area contributed by atoms with Crippen molar-refractivity contribution < 1.29 is 4.79 Å². The fourth-order valence-electron chi connectivity index (χ4n) is 2.78. The van der Waals surface area contributed by atoms with Crippen LogP contribution in [-0.2, 0) is 4.79 Å². The van der Waals surface area contributed by atoms with Crippen LogP contribution in [0.2, 0.25) is 0 Å². The predicted molar refractivity (Wildman–Crippen MR) is 112 cm³/mol. The average Bonchev–Trinajstić information content (AvgIpc) is 3.27. The highest BCUT2D eigenvalue weighted by molar-refractivity contribution is 7.14. The van der Waals surface area contributed by atoms with Crippen LogP contribution in [0.4, 0.5) is 10.8 Å². The second-order valence-electron chi connectivity index (χ2n) is 6.73. The molecule has 0 spiro atoms. The minimum Gasteiger partial charge on any atom is -0.269 e. The number of aromatic nitrogens is 1. The monoisotopic (exact) mass is 389 g/mol. The fraction of sp³-hybridized carbons (Fsp3) is 0.190. The van der Waals surface area contributed by atoms with Gasteiger partial charge in [-0.1, -0.05) is 47.5 Å². The molecule has 0 saturated carbocycles. The maximum atomic E-state index is 12.8. The number of amides is 1. The van der Waals surface area contributed by atoms with Gasteiger partial charge in [0.2, 0.25) is 5.13 Å². The first-order valence-corrected chi connectivity index (χ1v) is 9.78. The number of nitrogens with zero attached hydrogens (tertiary/aromatic N) is 5. The molecular weight excluding hydrogens is 370 g/mol. The Bertz CT molecular complexity index is 1070. The zero-order valence-corrected chi connectivity index (χ0v) is 16.6. The molecule has 28 heavy (non-hydrogen) atoms. The Labute approximate surface area is 167 Å². The van der Waals surface area contributed by atoms with Crippen molar-refractivity contribution in [2.45, 2.75) is 26.8 Å². The van der Waals surface area contributed by atoms with Crippen LogP contribution in [-0.4, -0.2) is 22.6 Å². The summed E-state index contributed by atoms with van der Waals surface area (Å²) in [6, 6.07) is 15.1. The third kappa shape index (κ3) is 3.61. The van der Waals surface area contributed by atoms with Crippen molar-refractivity contribution in [2.75, 3.05) is 5.01 Å². The molecular formula is C21H19N5OS. The Kier molecular flexibility index (Phi) is 4.83. The molecule has 0 N–H and O–H groups in total. The van der Waals surface area contributed by atoms with Crippen LogP contribution in [0, 0.1) is 13.8 Å². The van der Waals surface area contributed by atoms with Gasteiger partial charge in [0.05, 0.1) is 17.1 Å². The molecule has 1 aliphatic rings. The highest BCUT2D eigenvalue weighted by Crippen LogP contribution is 2.30. The van der Waals surface area contributed by atoms with E-state index in [0.717, 1.165) is 16.8 Å². The smallest absolute Gasteiger partial charge is 0.269 e. The highest BCUT2D eigenvalue weighted by atomic mass is 32.1. The van der Waals surface area contributed by atoms with Gasteiger partial charge >= 0.3 is 0 Å². The number of thiazole rings is 1. The molecule has 7 heteroatoms. The SMILES string of the molecule is CC1=NN(c2nc(-c3ccc(C)cc3)cs2)C(=O)C1N=Nc1ccc(C)cc1. The minimum absolute atomic E-state index is 0.238. The molecule has 2 aromatic carbocycles. The van der Waals surface area contributed by atoms with E-state index in [1.165, 1.54) is 21.9 Å². The number of carbonyl (C=O) groups excluding carboxylic acids is 1. The van der Waals surface area contributed by atoms with Crippen molar-refractivity contribution in [3.05, 3.63) is 65.0 Å². The Hall–Kier alpha value is -3.19. The van der Waals surface area contributed by atoms with Crippen molar-refractivity contribution in [3.63, 3.8) is 0 Å². The number of aryl methyl sites for hydroxylation is 2. The molecule has 1 aromatic heterocycles. The summed E-state index contributed by atoms with van der Waals surface area (Å²) in [7, 11) is 0. The van der Waals surface area contributed by atoms with E-state index in [2.05, 4.69) is 20.3 Å². The standard InChI is InChI=1S/C21H19N5OS/c1-13-4-8-16(9-5-13)18-12-28-21(22-18)26-20(27)19(15(3)25-26)24-23-17-10-6-14(2)7-11-17/h4-12,19H,1-3H3. The highest BCUT2D eigenvalue weighted by Gasteiger charge is 2.36. The van der Waals surface area contributed by atoms with Crippen molar-refractivity contribution in [3.8, 4) is 11.3 Å². The number of hydrazone groups is 1. The van der Waals surface area contributed by atoms with Gasteiger partial charge in [-0.2, -0.15) is 20.3 Å². The van der Waals surface area contributed by atoms with Crippen molar-refractivity contribution in [2.24, 2.45) is 15.3 Å². The van der Waals surface area contributed by atoms with Crippen LogP contribution in [0.1, 0.15) is 18.1 Å². The molecule has 0 bridgehead atoms. The summed E-state index contributed by atoms with van der Waals surface area (Å²) in [6.45, 7) is 5.84. The number of hydrogen-bond donors (Lipinski definition) is 0. The maximum absolute atomic E-state index is 12.8. The van der Waals surface area contributed by atoms with E-state index < -0.39 is 6.04 Å². The zero-order chi connectivity index (χ0) is 19.7. The first-order valence-electron chi connectivity index (χ1n) is 8.90. The lowest BCUT2D eigenvalue weighted by atomic mass is 10.1. The molecule has 1 aliphatic heterocycles. The summed E-state index contributed by atoms with van der Waals surface area (Å²) in [5.41, 5.74) is 5.49. The summed E-state index contributed by atoms with van der Waals surface area (Å²) in [5.74, 6) is -0.238. The van der Waals surface area contributed by atoms with E-state index in [9.17, 15) is 4.79 Å². The number of anilines is 1. The van der Waals surface area contributed by atoms with Crippen molar-refractivity contribution >= 4 is 33.8 Å². The van der Waals surface area contributed by atoms with Gasteiger partial charge in [0.15, 0.2) is 6.04 Å². The number of benzene rings is 2. The summed E-state index contributed by atoms with van der Waals surface area (Å²) in [6.07, 6.45) is 0. The van der Waals surface area contributed by atoms with Crippen molar-refractivity contribution in [1.82, 2.24) is 4.98 Å². The van der Waals surface area contributed by atoms with Crippen LogP contribution in [0.5, 0.6) is 0 Å². The van der Waals surface area contributed by atoms with Crippen LogP contribution in [0.3, 0.4) is 0 Å². The molecule has 0 aliphatic carbocycles. The average molecular weight is 389 g/mol. The van der Waals surface area contributed by atoms with Gasteiger partial charge in [0, 0.05) is 10.9 Å². The molecule has 1 atom stereocenters. The molecule has 0 saturated heterocycles. The summed E-state index contributed by atoms with van der Waals surface area (Å²) < 4.78 is 0. The second-order valence-corrected chi connectivity index (χ2v) is 7.56. The Balaban J connectivity index is 1.53. The number of carbonyl (C=O) groups is 1. The number of hydrogen-bond acceptors (Lipinski definition) is 6. The molecule has 0 radical (unpaired) electrons. The molecule has 140 valence electrons. The third-order valence-corrected chi connectivity index (χ3v) is 5.26. The topological polar surface area (TPSA) is 70.3 Å². The van der Waals surface area contributed by atoms with E-state index in [0.29, 0.717) is 16.5 Å². The Morgan fingerprint density at radius 1 is 0.964 bits per heavy atom. The first-order chi connectivity index (χ1) is 13.5. The quantitative estimate of drug-likeness (QED) is 0.568. The molecule has 3 aromatic rings. The van der Waals surface area contributed by atoms with Gasteiger partial charge in [-0.05, 0) is 32.9 Å². The zero-order valence-electron chi connectivity index (χ0n) is 15.8. The van der Waals surface area contributed by atoms with E-state index in [1.807, 2.05) is 67.8 Å².